The molecule has 2 rings (SSSR count). The molecule has 3 nitrogen and oxygen atoms in total. The third kappa shape index (κ3) is 2.97. The third-order valence-electron chi connectivity index (χ3n) is 4.12. The van der Waals surface area contributed by atoms with Crippen molar-refractivity contribution in [3.05, 3.63) is 0 Å². The molecule has 3 N–H and O–H groups in total. The van der Waals surface area contributed by atoms with Crippen LogP contribution in [0.5, 0.6) is 0 Å². The Kier molecular flexibility index (Phi) is 3.85. The number of nitrogens with two attached hydrogens (primary N) is 1. The van der Waals surface area contributed by atoms with Gasteiger partial charge in [0.1, 0.15) is 0 Å². The van der Waals surface area contributed by atoms with E-state index in [1.807, 2.05) is 6.92 Å². The van der Waals surface area contributed by atoms with E-state index in [-0.39, 0.29) is 11.8 Å². The van der Waals surface area contributed by atoms with Crippen LogP contribution in [0.1, 0.15) is 39.0 Å². The summed E-state index contributed by atoms with van der Waals surface area (Å²) in [6.45, 7) is 3.39. The fraction of sp³-hybridized carbons (Fsp3) is 0.923. The Balaban J connectivity index is 1.74. The van der Waals surface area contributed by atoms with Gasteiger partial charge in [-0.15, -0.1) is 0 Å². The van der Waals surface area contributed by atoms with Crippen molar-refractivity contribution >= 4 is 5.91 Å². The largest absolute Gasteiger partial charge is 0.356 e. The van der Waals surface area contributed by atoms with E-state index in [9.17, 15) is 4.79 Å². The molecule has 0 radical (unpaired) electrons. The summed E-state index contributed by atoms with van der Waals surface area (Å²) in [7, 11) is 0. The minimum Gasteiger partial charge on any atom is -0.356 e. The number of rotatable bonds is 7. The molecule has 0 spiro atoms. The van der Waals surface area contributed by atoms with Gasteiger partial charge in [-0.05, 0) is 49.9 Å². The van der Waals surface area contributed by atoms with Crippen LogP contribution in [0, 0.1) is 23.7 Å². The Morgan fingerprint density at radius 3 is 2.25 bits per heavy atom. The van der Waals surface area contributed by atoms with Crippen LogP contribution in [0.3, 0.4) is 0 Å². The zero-order chi connectivity index (χ0) is 11.5. The predicted molar refractivity (Wildman–Crippen MR) is 64.8 cm³/mol. The zero-order valence-corrected chi connectivity index (χ0v) is 10.2. The molecule has 0 aliphatic heterocycles. The first kappa shape index (κ1) is 11.9. The van der Waals surface area contributed by atoms with Gasteiger partial charge in [-0.2, -0.15) is 0 Å². The van der Waals surface area contributed by atoms with Crippen LogP contribution in [-0.4, -0.2) is 19.0 Å². The van der Waals surface area contributed by atoms with Gasteiger partial charge >= 0.3 is 0 Å². The van der Waals surface area contributed by atoms with Crippen molar-refractivity contribution in [3.63, 3.8) is 0 Å². The van der Waals surface area contributed by atoms with Gasteiger partial charge in [0.15, 0.2) is 0 Å². The summed E-state index contributed by atoms with van der Waals surface area (Å²) in [5.74, 6) is 2.76. The lowest BCUT2D eigenvalue weighted by molar-refractivity contribution is -0.125. The molecule has 92 valence electrons. The van der Waals surface area contributed by atoms with Crippen LogP contribution in [-0.2, 0) is 4.79 Å². The summed E-state index contributed by atoms with van der Waals surface area (Å²) >= 11 is 0. The quantitative estimate of drug-likeness (QED) is 0.689. The summed E-state index contributed by atoms with van der Waals surface area (Å²) in [5, 5.41) is 3.11. The molecule has 0 heterocycles. The van der Waals surface area contributed by atoms with Crippen molar-refractivity contribution in [1.82, 2.24) is 5.32 Å². The number of nitrogens with one attached hydrogen (secondary N) is 1. The van der Waals surface area contributed by atoms with Crippen LogP contribution in [0.4, 0.5) is 0 Å². The molecule has 16 heavy (non-hydrogen) atoms. The average molecular weight is 224 g/mol. The highest BCUT2D eigenvalue weighted by molar-refractivity contribution is 5.78. The summed E-state index contributed by atoms with van der Waals surface area (Å²) < 4.78 is 0. The van der Waals surface area contributed by atoms with Crippen LogP contribution >= 0.6 is 0 Å². The molecule has 1 atom stereocenters. The molecule has 3 heteroatoms. The molecule has 2 aliphatic rings. The highest BCUT2D eigenvalue weighted by atomic mass is 16.1. The monoisotopic (exact) mass is 224 g/mol. The first-order chi connectivity index (χ1) is 7.76. The first-order valence-electron chi connectivity index (χ1n) is 6.74. The van der Waals surface area contributed by atoms with Gasteiger partial charge in [-0.25, -0.2) is 0 Å². The smallest absolute Gasteiger partial charge is 0.224 e. The van der Waals surface area contributed by atoms with E-state index in [2.05, 4.69) is 5.32 Å². The first-order valence-corrected chi connectivity index (χ1v) is 6.74. The van der Waals surface area contributed by atoms with Gasteiger partial charge in [0.2, 0.25) is 5.91 Å². The van der Waals surface area contributed by atoms with E-state index in [4.69, 9.17) is 5.73 Å². The van der Waals surface area contributed by atoms with Gasteiger partial charge in [-0.3, -0.25) is 4.79 Å². The summed E-state index contributed by atoms with van der Waals surface area (Å²) in [5.41, 5.74) is 5.57. The molecule has 1 amide bonds. The van der Waals surface area contributed by atoms with Crippen molar-refractivity contribution in [3.8, 4) is 0 Å². The van der Waals surface area contributed by atoms with E-state index in [1.165, 1.54) is 25.7 Å². The fourth-order valence-electron chi connectivity index (χ4n) is 2.59. The van der Waals surface area contributed by atoms with Gasteiger partial charge in [-0.1, -0.05) is 6.92 Å². The summed E-state index contributed by atoms with van der Waals surface area (Å²) in [6, 6.07) is 0. The second kappa shape index (κ2) is 5.17. The standard InChI is InChI=1S/C13H24N2O/c1-2-9(7-14)13(16)15-8-12(10-3-4-10)11-5-6-11/h9-12H,2-8,14H2,1H3,(H,15,16). The second-order valence-electron chi connectivity index (χ2n) is 5.42. The Morgan fingerprint density at radius 2 is 1.88 bits per heavy atom. The van der Waals surface area contributed by atoms with E-state index in [0.717, 1.165) is 30.7 Å². The number of carbonyl (C=O) groups excluding carboxylic acids is 1. The number of hydrogen-bond acceptors (Lipinski definition) is 2. The number of carbonyl (C=O) groups is 1. The van der Waals surface area contributed by atoms with Crippen LogP contribution < -0.4 is 11.1 Å². The van der Waals surface area contributed by atoms with Crippen molar-refractivity contribution in [2.45, 2.75) is 39.0 Å². The number of amides is 1. The van der Waals surface area contributed by atoms with E-state index < -0.39 is 0 Å². The molecule has 0 bridgehead atoms. The van der Waals surface area contributed by atoms with Crippen molar-refractivity contribution in [2.75, 3.05) is 13.1 Å². The SMILES string of the molecule is CCC(CN)C(=O)NCC(C1CC1)C1CC1. The predicted octanol–water partition coefficient (Wildman–Crippen LogP) is 1.52. The van der Waals surface area contributed by atoms with E-state index in [0.29, 0.717) is 6.54 Å². The maximum Gasteiger partial charge on any atom is 0.224 e. The molecule has 0 saturated heterocycles. The molecule has 0 aromatic carbocycles. The lowest BCUT2D eigenvalue weighted by Gasteiger charge is -2.18. The van der Waals surface area contributed by atoms with Crippen molar-refractivity contribution in [1.29, 1.82) is 0 Å². The van der Waals surface area contributed by atoms with Gasteiger partial charge in [0.25, 0.3) is 0 Å². The van der Waals surface area contributed by atoms with Crippen molar-refractivity contribution in [2.24, 2.45) is 29.4 Å². The molecule has 2 aliphatic carbocycles. The van der Waals surface area contributed by atoms with Gasteiger partial charge < -0.3 is 11.1 Å². The Bertz CT molecular complexity index is 230. The minimum absolute atomic E-state index is 0.0130. The van der Waals surface area contributed by atoms with Gasteiger partial charge in [0.05, 0.1) is 0 Å². The maximum absolute atomic E-state index is 11.8. The highest BCUT2D eigenvalue weighted by Gasteiger charge is 2.41. The Morgan fingerprint density at radius 1 is 1.31 bits per heavy atom. The zero-order valence-electron chi connectivity index (χ0n) is 10.2. The Labute approximate surface area is 98.2 Å². The van der Waals surface area contributed by atoms with Crippen molar-refractivity contribution < 1.29 is 4.79 Å². The van der Waals surface area contributed by atoms with Crippen LogP contribution in [0.15, 0.2) is 0 Å². The lowest BCUT2D eigenvalue weighted by atomic mass is 9.97. The average Bonchev–Trinajstić information content (AvgIpc) is 3.14. The Hall–Kier alpha value is -0.570. The highest BCUT2D eigenvalue weighted by Crippen LogP contribution is 2.48. The van der Waals surface area contributed by atoms with E-state index in [1.54, 1.807) is 0 Å². The molecular weight excluding hydrogens is 200 g/mol. The lowest BCUT2D eigenvalue weighted by Crippen LogP contribution is -2.38. The molecule has 2 fully saturated rings. The van der Waals surface area contributed by atoms with Crippen LogP contribution in [0.25, 0.3) is 0 Å². The molecule has 2 saturated carbocycles. The molecule has 0 aromatic rings. The van der Waals surface area contributed by atoms with E-state index >= 15 is 0 Å². The fourth-order valence-corrected chi connectivity index (χ4v) is 2.59. The van der Waals surface area contributed by atoms with Crippen LogP contribution in [0.2, 0.25) is 0 Å². The third-order valence-corrected chi connectivity index (χ3v) is 4.12. The number of hydrogen-bond donors (Lipinski definition) is 2. The maximum atomic E-state index is 11.8. The second-order valence-corrected chi connectivity index (χ2v) is 5.42. The molecule has 1 unspecified atom stereocenters. The van der Waals surface area contributed by atoms with Gasteiger partial charge in [0, 0.05) is 19.0 Å². The minimum atomic E-state index is 0.0130. The topological polar surface area (TPSA) is 55.1 Å². The normalized spacial score (nSPS) is 22.2. The molecular formula is C13H24N2O. The molecule has 0 aromatic heterocycles. The summed E-state index contributed by atoms with van der Waals surface area (Å²) in [6.07, 6.45) is 6.37. The summed E-state index contributed by atoms with van der Waals surface area (Å²) in [4.78, 5) is 11.8.